The highest BCUT2D eigenvalue weighted by molar-refractivity contribution is 5.77. The minimum atomic E-state index is -0.385. The van der Waals surface area contributed by atoms with Crippen molar-refractivity contribution in [2.45, 2.75) is 52.0 Å². The molecule has 0 bridgehead atoms. The summed E-state index contributed by atoms with van der Waals surface area (Å²) in [4.78, 5) is 11.3. The number of rotatable bonds is 3. The number of hydrogen-bond donors (Lipinski definition) is 2. The van der Waals surface area contributed by atoms with Gasteiger partial charge in [-0.25, -0.2) is 0 Å². The lowest BCUT2D eigenvalue weighted by Gasteiger charge is -2.27. The van der Waals surface area contributed by atoms with Gasteiger partial charge in [0.1, 0.15) is 0 Å². The molecule has 0 radical (unpaired) electrons. The van der Waals surface area contributed by atoms with Crippen molar-refractivity contribution in [3.8, 4) is 0 Å². The minimum absolute atomic E-state index is 0.0229. The average molecular weight is 272 g/mol. The van der Waals surface area contributed by atoms with E-state index >= 15 is 0 Å². The van der Waals surface area contributed by atoms with E-state index < -0.39 is 0 Å². The third-order valence-electron chi connectivity index (χ3n) is 3.90. The minimum Gasteiger partial charge on any atom is -0.398 e. The fourth-order valence-corrected chi connectivity index (χ4v) is 2.82. The molecular formula is C17H24N2O. The molecule has 0 saturated heterocycles. The zero-order valence-electron chi connectivity index (χ0n) is 12.6. The van der Waals surface area contributed by atoms with Crippen LogP contribution in [0.15, 0.2) is 24.3 Å². The molecule has 0 saturated carbocycles. The fraction of sp³-hybridized carbons (Fsp3) is 0.471. The first-order chi connectivity index (χ1) is 9.40. The summed E-state index contributed by atoms with van der Waals surface area (Å²) in [6.45, 7) is 5.57. The van der Waals surface area contributed by atoms with Crippen LogP contribution in [0, 0.1) is 0 Å². The van der Waals surface area contributed by atoms with E-state index in [4.69, 9.17) is 5.73 Å². The summed E-state index contributed by atoms with van der Waals surface area (Å²) in [5, 5.41) is 2.99. The normalized spacial score (nSPS) is 15.7. The molecule has 3 N–H and O–H groups in total. The number of carbonyl (C=O) groups excluding carboxylic acids is 1. The van der Waals surface area contributed by atoms with E-state index in [0.29, 0.717) is 0 Å². The first-order valence-electron chi connectivity index (χ1n) is 7.28. The Kier molecular flexibility index (Phi) is 4.17. The molecule has 0 heterocycles. The van der Waals surface area contributed by atoms with Gasteiger partial charge in [-0.3, -0.25) is 4.79 Å². The number of allylic oxidation sites excluding steroid dienone is 2. The molecule has 0 aromatic heterocycles. The molecule has 0 unspecified atom stereocenters. The molecule has 1 aliphatic carbocycles. The molecule has 1 aliphatic rings. The van der Waals surface area contributed by atoms with Gasteiger partial charge in [-0.15, -0.1) is 0 Å². The Morgan fingerprint density at radius 1 is 1.30 bits per heavy atom. The summed E-state index contributed by atoms with van der Waals surface area (Å²) in [6.07, 6.45) is 7.01. The Bertz CT molecular complexity index is 544. The molecule has 3 nitrogen and oxygen atoms in total. The zero-order valence-corrected chi connectivity index (χ0v) is 12.6. The highest BCUT2D eigenvalue weighted by Crippen LogP contribution is 2.33. The molecule has 0 spiro atoms. The molecule has 20 heavy (non-hydrogen) atoms. The van der Waals surface area contributed by atoms with Crippen molar-refractivity contribution < 1.29 is 4.79 Å². The monoisotopic (exact) mass is 272 g/mol. The van der Waals surface area contributed by atoms with Crippen LogP contribution in [0.3, 0.4) is 0 Å². The predicted octanol–water partition coefficient (Wildman–Crippen LogP) is 3.60. The van der Waals surface area contributed by atoms with Crippen molar-refractivity contribution >= 4 is 17.2 Å². The lowest BCUT2D eigenvalue weighted by atomic mass is 9.87. The van der Waals surface area contributed by atoms with E-state index in [1.54, 1.807) is 6.92 Å². The number of nitrogens with one attached hydrogen (secondary N) is 1. The maximum atomic E-state index is 11.3. The molecule has 0 atom stereocenters. The van der Waals surface area contributed by atoms with E-state index in [-0.39, 0.29) is 11.4 Å². The Labute approximate surface area is 121 Å². The lowest BCUT2D eigenvalue weighted by Crippen LogP contribution is -2.39. The van der Waals surface area contributed by atoms with Crippen molar-refractivity contribution in [1.29, 1.82) is 0 Å². The fourth-order valence-electron chi connectivity index (χ4n) is 2.82. The Balaban J connectivity index is 2.37. The summed E-state index contributed by atoms with van der Waals surface area (Å²) in [5.74, 6) is -0.0229. The predicted molar refractivity (Wildman–Crippen MR) is 84.1 cm³/mol. The molecule has 0 aliphatic heterocycles. The quantitative estimate of drug-likeness (QED) is 0.826. The molecule has 1 aromatic rings. The number of anilines is 1. The summed E-state index contributed by atoms with van der Waals surface area (Å²) in [5.41, 5.74) is 10.1. The van der Waals surface area contributed by atoms with Crippen LogP contribution in [-0.2, 0) is 10.3 Å². The second-order valence-electron chi connectivity index (χ2n) is 6.08. The van der Waals surface area contributed by atoms with Gasteiger partial charge in [0, 0.05) is 18.2 Å². The zero-order chi connectivity index (χ0) is 14.8. The van der Waals surface area contributed by atoms with Crippen molar-refractivity contribution in [3.05, 3.63) is 35.4 Å². The van der Waals surface area contributed by atoms with Gasteiger partial charge in [0.15, 0.2) is 0 Å². The maximum absolute atomic E-state index is 11.3. The number of amides is 1. The molecule has 0 fully saturated rings. The van der Waals surface area contributed by atoms with Crippen LogP contribution in [-0.4, -0.2) is 5.91 Å². The first-order valence-corrected chi connectivity index (χ1v) is 7.28. The van der Waals surface area contributed by atoms with Crippen LogP contribution < -0.4 is 11.1 Å². The average Bonchev–Trinajstić information content (AvgIpc) is 2.38. The van der Waals surface area contributed by atoms with Gasteiger partial charge in [0.05, 0.1) is 5.54 Å². The van der Waals surface area contributed by atoms with Crippen LogP contribution in [0.2, 0.25) is 0 Å². The summed E-state index contributed by atoms with van der Waals surface area (Å²) < 4.78 is 0. The van der Waals surface area contributed by atoms with E-state index in [0.717, 1.165) is 29.7 Å². The van der Waals surface area contributed by atoms with E-state index in [9.17, 15) is 4.79 Å². The number of nitrogen functional groups attached to an aromatic ring is 1. The third kappa shape index (κ3) is 3.21. The van der Waals surface area contributed by atoms with E-state index in [1.807, 2.05) is 26.0 Å². The van der Waals surface area contributed by atoms with Gasteiger partial charge < -0.3 is 11.1 Å². The summed E-state index contributed by atoms with van der Waals surface area (Å²) in [6, 6.07) is 6.07. The third-order valence-corrected chi connectivity index (χ3v) is 3.90. The van der Waals surface area contributed by atoms with E-state index in [1.165, 1.54) is 18.4 Å². The standard InChI is InChI=1S/C17H24N2O/c1-12(20)19-17(2,3)14-9-10-16(18)15(11-14)13-7-5-4-6-8-13/h7,9-11H,4-6,8,18H2,1-3H3,(H,19,20). The van der Waals surface area contributed by atoms with Crippen molar-refractivity contribution in [2.24, 2.45) is 0 Å². The van der Waals surface area contributed by atoms with Crippen LogP contribution in [0.5, 0.6) is 0 Å². The summed E-state index contributed by atoms with van der Waals surface area (Å²) in [7, 11) is 0. The van der Waals surface area contributed by atoms with Crippen molar-refractivity contribution in [1.82, 2.24) is 5.32 Å². The highest BCUT2D eigenvalue weighted by Gasteiger charge is 2.22. The SMILES string of the molecule is CC(=O)NC(C)(C)c1ccc(N)c(C2=CCCCC2)c1. The number of nitrogens with two attached hydrogens (primary N) is 1. The largest absolute Gasteiger partial charge is 0.398 e. The van der Waals surface area contributed by atoms with Crippen LogP contribution in [0.4, 0.5) is 5.69 Å². The second-order valence-corrected chi connectivity index (χ2v) is 6.08. The second kappa shape index (κ2) is 5.70. The number of carbonyl (C=O) groups is 1. The molecule has 1 aromatic carbocycles. The Morgan fingerprint density at radius 3 is 2.65 bits per heavy atom. The number of benzene rings is 1. The molecular weight excluding hydrogens is 248 g/mol. The topological polar surface area (TPSA) is 55.1 Å². The molecule has 3 heteroatoms. The van der Waals surface area contributed by atoms with Crippen LogP contribution >= 0.6 is 0 Å². The smallest absolute Gasteiger partial charge is 0.217 e. The van der Waals surface area contributed by atoms with Crippen LogP contribution in [0.1, 0.15) is 57.6 Å². The van der Waals surface area contributed by atoms with Gasteiger partial charge in [-0.2, -0.15) is 0 Å². The first kappa shape index (κ1) is 14.6. The van der Waals surface area contributed by atoms with Gasteiger partial charge in [-0.1, -0.05) is 12.1 Å². The van der Waals surface area contributed by atoms with E-state index in [2.05, 4.69) is 17.5 Å². The Morgan fingerprint density at radius 2 is 2.05 bits per heavy atom. The van der Waals surface area contributed by atoms with Crippen molar-refractivity contribution in [2.75, 3.05) is 5.73 Å². The summed E-state index contributed by atoms with van der Waals surface area (Å²) >= 11 is 0. The van der Waals surface area contributed by atoms with Gasteiger partial charge in [0.2, 0.25) is 5.91 Å². The van der Waals surface area contributed by atoms with Gasteiger partial charge in [-0.05, 0) is 62.8 Å². The lowest BCUT2D eigenvalue weighted by molar-refractivity contribution is -0.120. The van der Waals surface area contributed by atoms with Crippen molar-refractivity contribution in [3.63, 3.8) is 0 Å². The van der Waals surface area contributed by atoms with Crippen LogP contribution in [0.25, 0.3) is 5.57 Å². The molecule has 108 valence electrons. The Hall–Kier alpha value is -1.77. The highest BCUT2D eigenvalue weighted by atomic mass is 16.1. The van der Waals surface area contributed by atoms with Gasteiger partial charge >= 0.3 is 0 Å². The molecule has 2 rings (SSSR count). The number of hydrogen-bond acceptors (Lipinski definition) is 2. The van der Waals surface area contributed by atoms with Gasteiger partial charge in [0.25, 0.3) is 0 Å². The maximum Gasteiger partial charge on any atom is 0.217 e. The molecule has 1 amide bonds.